The molecule has 0 spiro atoms. The first kappa shape index (κ1) is 17.9. The molecule has 1 aliphatic heterocycles. The van der Waals surface area contributed by atoms with Crippen LogP contribution in [0.25, 0.3) is 0 Å². The standard InChI is InChI=1S/C14H12Cl2F3NO3/c15-10-2-1-7(3-11(10)16)4-12(21)20-5-8(13(22)23)9(6-20)14(17,18)19/h1-3,8-9H,4-6H2,(H,22,23)/t8-,9-/m1/s1. The van der Waals surface area contributed by atoms with Gasteiger partial charge in [0.1, 0.15) is 0 Å². The van der Waals surface area contributed by atoms with E-state index in [9.17, 15) is 22.8 Å². The molecule has 1 saturated heterocycles. The molecule has 126 valence electrons. The first-order chi connectivity index (χ1) is 10.6. The number of likely N-dealkylation sites (tertiary alicyclic amines) is 1. The van der Waals surface area contributed by atoms with E-state index in [-0.39, 0.29) is 11.4 Å². The molecule has 0 aromatic heterocycles. The third-order valence-electron chi connectivity index (χ3n) is 3.75. The van der Waals surface area contributed by atoms with Crippen molar-refractivity contribution in [3.05, 3.63) is 33.8 Å². The molecule has 1 aromatic carbocycles. The van der Waals surface area contributed by atoms with E-state index in [2.05, 4.69) is 0 Å². The van der Waals surface area contributed by atoms with Crippen LogP contribution in [0.3, 0.4) is 0 Å². The largest absolute Gasteiger partial charge is 0.481 e. The van der Waals surface area contributed by atoms with Gasteiger partial charge in [-0.05, 0) is 17.7 Å². The maximum Gasteiger partial charge on any atom is 0.394 e. The smallest absolute Gasteiger partial charge is 0.394 e. The zero-order valence-corrected chi connectivity index (χ0v) is 13.1. The fourth-order valence-electron chi connectivity index (χ4n) is 2.53. The zero-order chi connectivity index (χ0) is 17.4. The number of alkyl halides is 3. The van der Waals surface area contributed by atoms with Gasteiger partial charge in [0.2, 0.25) is 5.91 Å². The van der Waals surface area contributed by atoms with Crippen molar-refractivity contribution >= 4 is 35.1 Å². The Balaban J connectivity index is 2.11. The summed E-state index contributed by atoms with van der Waals surface area (Å²) in [6, 6.07) is 4.47. The van der Waals surface area contributed by atoms with Crippen molar-refractivity contribution in [2.75, 3.05) is 13.1 Å². The Morgan fingerprint density at radius 3 is 2.35 bits per heavy atom. The van der Waals surface area contributed by atoms with Gasteiger partial charge in [0.15, 0.2) is 0 Å². The molecule has 2 atom stereocenters. The van der Waals surface area contributed by atoms with Crippen LogP contribution in [-0.2, 0) is 16.0 Å². The Morgan fingerprint density at radius 1 is 1.22 bits per heavy atom. The Labute approximate surface area is 139 Å². The Kier molecular flexibility index (Phi) is 5.10. The number of halogens is 5. The molecule has 4 nitrogen and oxygen atoms in total. The number of carbonyl (C=O) groups excluding carboxylic acids is 1. The van der Waals surface area contributed by atoms with Crippen LogP contribution in [0.15, 0.2) is 18.2 Å². The summed E-state index contributed by atoms with van der Waals surface area (Å²) in [6.45, 7) is -1.11. The molecule has 1 fully saturated rings. The number of carboxylic acid groups (broad SMARTS) is 1. The molecule has 0 radical (unpaired) electrons. The maximum atomic E-state index is 12.9. The lowest BCUT2D eigenvalue weighted by molar-refractivity contribution is -0.188. The van der Waals surface area contributed by atoms with Crippen molar-refractivity contribution in [1.82, 2.24) is 4.90 Å². The van der Waals surface area contributed by atoms with E-state index >= 15 is 0 Å². The van der Waals surface area contributed by atoms with Crippen molar-refractivity contribution in [1.29, 1.82) is 0 Å². The van der Waals surface area contributed by atoms with Gasteiger partial charge in [-0.1, -0.05) is 29.3 Å². The molecular weight excluding hydrogens is 358 g/mol. The van der Waals surface area contributed by atoms with E-state index in [1.54, 1.807) is 0 Å². The fraction of sp³-hybridized carbons (Fsp3) is 0.429. The quantitative estimate of drug-likeness (QED) is 0.889. The molecular formula is C14H12Cl2F3NO3. The van der Waals surface area contributed by atoms with Gasteiger partial charge in [-0.25, -0.2) is 0 Å². The molecule has 1 amide bonds. The third kappa shape index (κ3) is 4.09. The van der Waals surface area contributed by atoms with Gasteiger partial charge in [-0.15, -0.1) is 0 Å². The summed E-state index contributed by atoms with van der Waals surface area (Å²) in [5, 5.41) is 9.46. The van der Waals surface area contributed by atoms with Crippen LogP contribution in [0.1, 0.15) is 5.56 Å². The van der Waals surface area contributed by atoms with Crippen molar-refractivity contribution in [2.24, 2.45) is 11.8 Å². The van der Waals surface area contributed by atoms with Crippen LogP contribution in [0, 0.1) is 11.8 Å². The second-order valence-corrected chi connectivity index (χ2v) is 6.13. The van der Waals surface area contributed by atoms with Gasteiger partial charge in [0, 0.05) is 13.1 Å². The second-order valence-electron chi connectivity index (χ2n) is 5.32. The maximum absolute atomic E-state index is 12.9. The van der Waals surface area contributed by atoms with Gasteiger partial charge in [-0.2, -0.15) is 13.2 Å². The molecule has 0 bridgehead atoms. The summed E-state index contributed by atoms with van der Waals surface area (Å²) in [4.78, 5) is 24.1. The average molecular weight is 370 g/mol. The number of rotatable bonds is 3. The minimum Gasteiger partial charge on any atom is -0.481 e. The number of carbonyl (C=O) groups is 2. The number of amides is 1. The molecule has 1 aromatic rings. The molecule has 1 N–H and O–H groups in total. The van der Waals surface area contributed by atoms with Crippen molar-refractivity contribution in [3.63, 3.8) is 0 Å². The Hall–Kier alpha value is -1.47. The molecule has 23 heavy (non-hydrogen) atoms. The molecule has 0 unspecified atom stereocenters. The van der Waals surface area contributed by atoms with E-state index in [1.165, 1.54) is 18.2 Å². The molecule has 1 heterocycles. The SMILES string of the molecule is O=C(O)[C@@H]1CN(C(=O)Cc2ccc(Cl)c(Cl)c2)C[C@H]1C(F)(F)F. The van der Waals surface area contributed by atoms with E-state index in [0.717, 1.165) is 4.90 Å². The van der Waals surface area contributed by atoms with Crippen LogP contribution < -0.4 is 0 Å². The lowest BCUT2D eigenvalue weighted by atomic mass is 9.96. The topological polar surface area (TPSA) is 57.6 Å². The summed E-state index contributed by atoms with van der Waals surface area (Å²) < 4.78 is 38.7. The summed E-state index contributed by atoms with van der Waals surface area (Å²) in [7, 11) is 0. The van der Waals surface area contributed by atoms with Crippen LogP contribution >= 0.6 is 23.2 Å². The number of aliphatic carboxylic acids is 1. The molecule has 9 heteroatoms. The first-order valence-corrected chi connectivity index (χ1v) is 7.36. The Morgan fingerprint density at radius 2 is 1.87 bits per heavy atom. The normalized spacial score (nSPS) is 21.5. The van der Waals surface area contributed by atoms with Gasteiger partial charge in [0.25, 0.3) is 0 Å². The monoisotopic (exact) mass is 369 g/mol. The highest BCUT2D eigenvalue weighted by molar-refractivity contribution is 6.42. The van der Waals surface area contributed by atoms with Crippen molar-refractivity contribution in [3.8, 4) is 0 Å². The summed E-state index contributed by atoms with van der Waals surface area (Å²) >= 11 is 11.6. The van der Waals surface area contributed by atoms with E-state index in [4.69, 9.17) is 28.3 Å². The number of carboxylic acids is 1. The lowest BCUT2D eigenvalue weighted by Crippen LogP contribution is -2.34. The Bertz CT molecular complexity index is 636. The molecule has 1 aliphatic rings. The highest BCUT2D eigenvalue weighted by Gasteiger charge is 2.53. The summed E-state index contributed by atoms with van der Waals surface area (Å²) in [5.74, 6) is -5.84. The number of hydrogen-bond acceptors (Lipinski definition) is 2. The third-order valence-corrected chi connectivity index (χ3v) is 4.49. The van der Waals surface area contributed by atoms with Gasteiger partial charge in [-0.3, -0.25) is 9.59 Å². The fourth-order valence-corrected chi connectivity index (χ4v) is 2.85. The molecule has 0 saturated carbocycles. The lowest BCUT2D eigenvalue weighted by Gasteiger charge is -2.18. The minimum atomic E-state index is -4.67. The summed E-state index contributed by atoms with van der Waals surface area (Å²) in [5.41, 5.74) is 0.492. The van der Waals surface area contributed by atoms with E-state index < -0.39 is 43.0 Å². The predicted molar refractivity (Wildman–Crippen MR) is 77.4 cm³/mol. The number of benzene rings is 1. The summed E-state index contributed by atoms with van der Waals surface area (Å²) in [6.07, 6.45) is -4.84. The van der Waals surface area contributed by atoms with Gasteiger partial charge in [0.05, 0.1) is 28.3 Å². The first-order valence-electron chi connectivity index (χ1n) is 6.61. The molecule has 0 aliphatic carbocycles. The average Bonchev–Trinajstić information content (AvgIpc) is 2.88. The van der Waals surface area contributed by atoms with Crippen LogP contribution in [-0.4, -0.2) is 41.1 Å². The van der Waals surface area contributed by atoms with Crippen molar-refractivity contribution in [2.45, 2.75) is 12.6 Å². The number of hydrogen-bond donors (Lipinski definition) is 1. The zero-order valence-electron chi connectivity index (χ0n) is 11.6. The highest BCUT2D eigenvalue weighted by Crippen LogP contribution is 2.38. The highest BCUT2D eigenvalue weighted by atomic mass is 35.5. The van der Waals surface area contributed by atoms with Crippen LogP contribution in [0.2, 0.25) is 10.0 Å². The molecule has 2 rings (SSSR count). The van der Waals surface area contributed by atoms with Gasteiger partial charge >= 0.3 is 12.1 Å². The van der Waals surface area contributed by atoms with Crippen LogP contribution in [0.5, 0.6) is 0 Å². The van der Waals surface area contributed by atoms with E-state index in [0.29, 0.717) is 10.6 Å². The van der Waals surface area contributed by atoms with E-state index in [1.807, 2.05) is 0 Å². The van der Waals surface area contributed by atoms with Crippen LogP contribution in [0.4, 0.5) is 13.2 Å². The number of nitrogens with zero attached hydrogens (tertiary/aromatic N) is 1. The second kappa shape index (κ2) is 6.57. The minimum absolute atomic E-state index is 0.173. The van der Waals surface area contributed by atoms with Crippen molar-refractivity contribution < 1.29 is 27.9 Å². The van der Waals surface area contributed by atoms with Gasteiger partial charge < -0.3 is 10.0 Å². The predicted octanol–water partition coefficient (Wildman–Crippen LogP) is 3.26.